The summed E-state index contributed by atoms with van der Waals surface area (Å²) in [7, 11) is 2.12. The first-order valence-corrected chi connectivity index (χ1v) is 6.16. The van der Waals surface area contributed by atoms with Gasteiger partial charge >= 0.3 is 0 Å². The number of carbonyl (C=O) groups is 1. The van der Waals surface area contributed by atoms with E-state index in [0.717, 1.165) is 26.2 Å². The predicted octanol–water partition coefficient (Wildman–Crippen LogP) is 1.45. The van der Waals surface area contributed by atoms with E-state index in [0.29, 0.717) is 5.92 Å². The summed E-state index contributed by atoms with van der Waals surface area (Å²) in [4.78, 5) is 15.7. The molecule has 0 bridgehead atoms. The summed E-state index contributed by atoms with van der Waals surface area (Å²) in [5.74, 6) is 0.626. The lowest BCUT2D eigenvalue weighted by Gasteiger charge is -2.24. The molecule has 1 aliphatic heterocycles. The molecular weight excluding hydrogens is 212 g/mol. The van der Waals surface area contributed by atoms with E-state index in [4.69, 9.17) is 0 Å². The fraction of sp³-hybridized carbons (Fsp3) is 0.500. The summed E-state index contributed by atoms with van der Waals surface area (Å²) >= 11 is 0. The summed E-state index contributed by atoms with van der Waals surface area (Å²) in [5, 5.41) is 0. The number of amides is 1. The second-order valence-electron chi connectivity index (χ2n) is 4.78. The van der Waals surface area contributed by atoms with Crippen LogP contribution in [0.5, 0.6) is 0 Å². The Labute approximate surface area is 103 Å². The lowest BCUT2D eigenvalue weighted by atomic mass is 9.94. The second kappa shape index (κ2) is 5.32. The van der Waals surface area contributed by atoms with E-state index < -0.39 is 0 Å². The largest absolute Gasteiger partial charge is 0.338 e. The summed E-state index contributed by atoms with van der Waals surface area (Å²) in [6.07, 6.45) is 10.8. The average Bonchev–Trinajstić information content (AvgIpc) is 2.37. The van der Waals surface area contributed by atoms with Crippen LogP contribution >= 0.6 is 0 Å². The number of likely N-dealkylation sites (N-methyl/N-ethyl adjacent to an activating group) is 1. The zero-order chi connectivity index (χ0) is 12.3. The van der Waals surface area contributed by atoms with Crippen molar-refractivity contribution in [3.8, 4) is 0 Å². The Morgan fingerprint density at radius 3 is 2.94 bits per heavy atom. The highest BCUT2D eigenvalue weighted by Gasteiger charge is 2.18. The van der Waals surface area contributed by atoms with Crippen molar-refractivity contribution in [1.82, 2.24) is 9.80 Å². The van der Waals surface area contributed by atoms with E-state index in [9.17, 15) is 4.79 Å². The van der Waals surface area contributed by atoms with Crippen molar-refractivity contribution < 1.29 is 4.79 Å². The number of hydrogen-bond acceptors (Lipinski definition) is 2. The zero-order valence-electron chi connectivity index (χ0n) is 10.6. The number of carbonyl (C=O) groups excluding carboxylic acids is 1. The Hall–Kier alpha value is -1.35. The molecule has 1 aliphatic carbocycles. The van der Waals surface area contributed by atoms with Crippen LogP contribution in [0.15, 0.2) is 36.0 Å². The summed E-state index contributed by atoms with van der Waals surface area (Å²) in [6.45, 7) is 5.15. The lowest BCUT2D eigenvalue weighted by molar-refractivity contribution is -0.128. The Bertz CT molecular complexity index is 382. The van der Waals surface area contributed by atoms with Crippen molar-refractivity contribution in [3.63, 3.8) is 0 Å². The molecule has 0 saturated heterocycles. The molecule has 0 N–H and O–H groups in total. The van der Waals surface area contributed by atoms with Gasteiger partial charge in [-0.05, 0) is 12.6 Å². The monoisotopic (exact) mass is 232 g/mol. The lowest BCUT2D eigenvalue weighted by Crippen LogP contribution is -2.36. The SMILES string of the molecule is CC(=O)N1C/C=C2/C=CC=CC2CN(C)CC1. The van der Waals surface area contributed by atoms with Gasteiger partial charge in [0.1, 0.15) is 0 Å². The molecule has 0 fully saturated rings. The van der Waals surface area contributed by atoms with Gasteiger partial charge in [-0.25, -0.2) is 0 Å². The molecule has 1 atom stereocenters. The van der Waals surface area contributed by atoms with Gasteiger partial charge in [-0.1, -0.05) is 30.4 Å². The maximum atomic E-state index is 11.5. The molecule has 3 heteroatoms. The van der Waals surface area contributed by atoms with Crippen LogP contribution in [0, 0.1) is 5.92 Å². The van der Waals surface area contributed by atoms with Gasteiger partial charge in [0.15, 0.2) is 0 Å². The Morgan fingerprint density at radius 2 is 2.18 bits per heavy atom. The third-order valence-corrected chi connectivity index (χ3v) is 3.42. The third kappa shape index (κ3) is 3.07. The van der Waals surface area contributed by atoms with Gasteiger partial charge in [-0.2, -0.15) is 0 Å². The minimum atomic E-state index is 0.157. The molecule has 2 rings (SSSR count). The predicted molar refractivity (Wildman–Crippen MR) is 69.6 cm³/mol. The van der Waals surface area contributed by atoms with Crippen LogP contribution in [0.4, 0.5) is 0 Å². The molecule has 1 heterocycles. The Balaban J connectivity index is 2.18. The van der Waals surface area contributed by atoms with Gasteiger partial charge in [0.25, 0.3) is 0 Å². The van der Waals surface area contributed by atoms with Gasteiger partial charge in [-0.15, -0.1) is 0 Å². The van der Waals surface area contributed by atoms with E-state index in [1.54, 1.807) is 6.92 Å². The van der Waals surface area contributed by atoms with Crippen molar-refractivity contribution in [2.45, 2.75) is 6.92 Å². The van der Waals surface area contributed by atoms with Gasteiger partial charge in [0, 0.05) is 39.0 Å². The summed E-state index contributed by atoms with van der Waals surface area (Å²) in [5.41, 5.74) is 1.33. The van der Waals surface area contributed by atoms with Crippen molar-refractivity contribution in [2.75, 3.05) is 33.2 Å². The number of allylic oxidation sites excluding steroid dienone is 3. The quantitative estimate of drug-likeness (QED) is 0.631. The summed E-state index contributed by atoms with van der Waals surface area (Å²) < 4.78 is 0. The highest BCUT2D eigenvalue weighted by atomic mass is 16.2. The molecule has 0 radical (unpaired) electrons. The van der Waals surface area contributed by atoms with Gasteiger partial charge in [-0.3, -0.25) is 4.79 Å². The van der Waals surface area contributed by atoms with E-state index in [1.165, 1.54) is 5.57 Å². The van der Waals surface area contributed by atoms with Crippen molar-refractivity contribution in [3.05, 3.63) is 36.0 Å². The van der Waals surface area contributed by atoms with Crippen LogP contribution < -0.4 is 0 Å². The van der Waals surface area contributed by atoms with E-state index >= 15 is 0 Å². The number of nitrogens with zero attached hydrogens (tertiary/aromatic N) is 2. The van der Waals surface area contributed by atoms with Crippen LogP contribution in [-0.2, 0) is 4.79 Å². The molecule has 0 spiro atoms. The smallest absolute Gasteiger partial charge is 0.219 e. The molecule has 2 aliphatic rings. The van der Waals surface area contributed by atoms with E-state index in [2.05, 4.69) is 42.3 Å². The first-order chi connectivity index (χ1) is 8.16. The van der Waals surface area contributed by atoms with Crippen molar-refractivity contribution in [1.29, 1.82) is 0 Å². The molecule has 1 amide bonds. The molecule has 0 aromatic carbocycles. The molecule has 0 aromatic heterocycles. The molecule has 0 saturated carbocycles. The average molecular weight is 232 g/mol. The van der Waals surface area contributed by atoms with Gasteiger partial charge in [0.05, 0.1) is 0 Å². The highest BCUT2D eigenvalue weighted by Crippen LogP contribution is 2.20. The van der Waals surface area contributed by atoms with Crippen LogP contribution in [0.1, 0.15) is 6.92 Å². The van der Waals surface area contributed by atoms with Crippen molar-refractivity contribution >= 4 is 5.91 Å². The van der Waals surface area contributed by atoms with Gasteiger partial charge < -0.3 is 9.80 Å². The van der Waals surface area contributed by atoms with Crippen molar-refractivity contribution in [2.24, 2.45) is 5.92 Å². The number of hydrogen-bond donors (Lipinski definition) is 0. The number of rotatable bonds is 0. The zero-order valence-corrected chi connectivity index (χ0v) is 10.6. The fourth-order valence-corrected chi connectivity index (χ4v) is 2.30. The molecule has 0 aromatic rings. The van der Waals surface area contributed by atoms with E-state index in [-0.39, 0.29) is 5.91 Å². The highest BCUT2D eigenvalue weighted by molar-refractivity contribution is 5.73. The molecule has 92 valence electrons. The minimum Gasteiger partial charge on any atom is -0.338 e. The Kier molecular flexibility index (Phi) is 3.79. The normalized spacial score (nSPS) is 28.7. The topological polar surface area (TPSA) is 23.6 Å². The van der Waals surface area contributed by atoms with Crippen LogP contribution in [0.2, 0.25) is 0 Å². The fourth-order valence-electron chi connectivity index (χ4n) is 2.30. The molecule has 1 unspecified atom stereocenters. The third-order valence-electron chi connectivity index (χ3n) is 3.42. The van der Waals surface area contributed by atoms with Crippen LogP contribution in [-0.4, -0.2) is 48.9 Å². The van der Waals surface area contributed by atoms with Crippen LogP contribution in [0.25, 0.3) is 0 Å². The second-order valence-corrected chi connectivity index (χ2v) is 4.78. The first kappa shape index (κ1) is 12.1. The first-order valence-electron chi connectivity index (χ1n) is 6.16. The summed E-state index contributed by atoms with van der Waals surface area (Å²) in [6, 6.07) is 0. The van der Waals surface area contributed by atoms with Crippen LogP contribution in [0.3, 0.4) is 0 Å². The maximum absolute atomic E-state index is 11.5. The molecule has 17 heavy (non-hydrogen) atoms. The minimum absolute atomic E-state index is 0.157. The maximum Gasteiger partial charge on any atom is 0.219 e. The number of fused-ring (bicyclic) bond motifs is 1. The Morgan fingerprint density at radius 1 is 1.35 bits per heavy atom. The standard InChI is InChI=1S/C14H20N2O/c1-12(17)16-8-7-13-5-3-4-6-14(13)11-15(2)9-10-16/h3-7,14H,8-11H2,1-2H3/b13-7-. The molecular formula is C14H20N2O. The van der Waals surface area contributed by atoms with E-state index in [1.807, 2.05) is 4.90 Å². The molecule has 3 nitrogen and oxygen atoms in total. The van der Waals surface area contributed by atoms with Gasteiger partial charge in [0.2, 0.25) is 5.91 Å².